The third kappa shape index (κ3) is 3.61. The zero-order valence-electron chi connectivity index (χ0n) is 15.9. The molecule has 3 heterocycles. The lowest BCUT2D eigenvalue weighted by Crippen LogP contribution is -2.50. The van der Waals surface area contributed by atoms with Crippen LogP contribution in [0.1, 0.15) is 28.5 Å². The first-order valence-electron chi connectivity index (χ1n) is 9.32. The molecular formula is C21H22BrN3O2S. The Morgan fingerprint density at radius 3 is 2.43 bits per heavy atom. The minimum atomic E-state index is 0.0382. The van der Waals surface area contributed by atoms with Gasteiger partial charge in [-0.05, 0) is 46.1 Å². The van der Waals surface area contributed by atoms with Crippen molar-refractivity contribution in [1.82, 2.24) is 14.4 Å². The number of halogens is 1. The van der Waals surface area contributed by atoms with Crippen LogP contribution in [-0.4, -0.2) is 52.4 Å². The van der Waals surface area contributed by atoms with Crippen LogP contribution in [0.3, 0.4) is 0 Å². The van der Waals surface area contributed by atoms with Gasteiger partial charge in [0.1, 0.15) is 5.69 Å². The number of amides is 2. The van der Waals surface area contributed by atoms with Gasteiger partial charge >= 0.3 is 0 Å². The van der Waals surface area contributed by atoms with Crippen LogP contribution in [0.15, 0.2) is 40.2 Å². The summed E-state index contributed by atoms with van der Waals surface area (Å²) in [4.78, 5) is 28.5. The largest absolute Gasteiger partial charge is 0.339 e. The number of thiophene rings is 1. The minimum Gasteiger partial charge on any atom is -0.339 e. The highest BCUT2D eigenvalue weighted by molar-refractivity contribution is 9.11. The standard InChI is InChI=1S/C21H22BrN3O2S/c1-14-5-3-4-6-16(14)13-25-17-12-20(22)28-19(17)11-18(25)21(27)24-9-7-23(8-10-24)15(2)26/h3-6,11-12H,7-10,13H2,1-2H3. The molecular weight excluding hydrogens is 438 g/mol. The number of hydrogen-bond donors (Lipinski definition) is 0. The number of rotatable bonds is 3. The molecule has 1 aliphatic heterocycles. The average molecular weight is 460 g/mol. The summed E-state index contributed by atoms with van der Waals surface area (Å²) in [5.74, 6) is 0.108. The predicted molar refractivity (Wildman–Crippen MR) is 116 cm³/mol. The first kappa shape index (κ1) is 19.2. The van der Waals surface area contributed by atoms with E-state index in [0.29, 0.717) is 38.4 Å². The van der Waals surface area contributed by atoms with Crippen LogP contribution in [0.2, 0.25) is 0 Å². The van der Waals surface area contributed by atoms with Crippen molar-refractivity contribution < 1.29 is 9.59 Å². The molecule has 28 heavy (non-hydrogen) atoms. The Balaban J connectivity index is 1.67. The zero-order valence-corrected chi connectivity index (χ0v) is 18.3. The molecule has 0 atom stereocenters. The molecule has 5 nitrogen and oxygen atoms in total. The maximum absolute atomic E-state index is 13.3. The van der Waals surface area contributed by atoms with Gasteiger partial charge in [-0.1, -0.05) is 24.3 Å². The number of hydrogen-bond acceptors (Lipinski definition) is 3. The fraction of sp³-hybridized carbons (Fsp3) is 0.333. The van der Waals surface area contributed by atoms with Crippen molar-refractivity contribution in [2.24, 2.45) is 0 Å². The number of aromatic nitrogens is 1. The Hall–Kier alpha value is -2.12. The summed E-state index contributed by atoms with van der Waals surface area (Å²) in [7, 11) is 0. The van der Waals surface area contributed by atoms with Crippen LogP contribution in [0.25, 0.3) is 10.2 Å². The lowest BCUT2D eigenvalue weighted by molar-refractivity contribution is -0.130. The van der Waals surface area contributed by atoms with E-state index in [-0.39, 0.29) is 11.8 Å². The van der Waals surface area contributed by atoms with Crippen molar-refractivity contribution >= 4 is 49.3 Å². The molecule has 2 aromatic heterocycles. The fourth-order valence-electron chi connectivity index (χ4n) is 3.70. The van der Waals surface area contributed by atoms with Crippen molar-refractivity contribution in [3.05, 3.63) is 57.0 Å². The molecule has 2 amide bonds. The van der Waals surface area contributed by atoms with Crippen molar-refractivity contribution in [2.45, 2.75) is 20.4 Å². The Kier molecular flexibility index (Phi) is 5.29. The Bertz CT molecular complexity index is 1050. The minimum absolute atomic E-state index is 0.0382. The topological polar surface area (TPSA) is 45.6 Å². The molecule has 0 spiro atoms. The summed E-state index contributed by atoms with van der Waals surface area (Å²) in [5, 5.41) is 0. The van der Waals surface area contributed by atoms with Crippen molar-refractivity contribution in [3.8, 4) is 0 Å². The molecule has 1 saturated heterocycles. The van der Waals surface area contributed by atoms with Gasteiger partial charge in [-0.2, -0.15) is 0 Å². The van der Waals surface area contributed by atoms with Crippen LogP contribution in [0.5, 0.6) is 0 Å². The van der Waals surface area contributed by atoms with E-state index in [4.69, 9.17) is 0 Å². The Labute approximate surface area is 176 Å². The summed E-state index contributed by atoms with van der Waals surface area (Å²) in [6.45, 7) is 6.68. The highest BCUT2D eigenvalue weighted by atomic mass is 79.9. The molecule has 0 bridgehead atoms. The van der Waals surface area contributed by atoms with Crippen LogP contribution in [0.4, 0.5) is 0 Å². The van der Waals surface area contributed by atoms with Gasteiger partial charge in [0.2, 0.25) is 5.91 Å². The smallest absolute Gasteiger partial charge is 0.270 e. The van der Waals surface area contributed by atoms with Gasteiger partial charge in [0.05, 0.1) is 14.0 Å². The summed E-state index contributed by atoms with van der Waals surface area (Å²) < 4.78 is 4.29. The third-order valence-electron chi connectivity index (χ3n) is 5.38. The third-order valence-corrected chi connectivity index (χ3v) is 6.95. The molecule has 1 fully saturated rings. The average Bonchev–Trinajstić information content (AvgIpc) is 3.20. The van der Waals surface area contributed by atoms with Gasteiger partial charge in [-0.15, -0.1) is 11.3 Å². The number of carbonyl (C=O) groups excluding carboxylic acids is 2. The summed E-state index contributed by atoms with van der Waals surface area (Å²) >= 11 is 5.21. The fourth-order valence-corrected chi connectivity index (χ4v) is 5.27. The van der Waals surface area contributed by atoms with E-state index in [1.807, 2.05) is 23.1 Å². The zero-order chi connectivity index (χ0) is 19.8. The predicted octanol–water partition coefficient (Wildman–Crippen LogP) is 4.13. The maximum Gasteiger partial charge on any atom is 0.270 e. The second-order valence-electron chi connectivity index (χ2n) is 7.14. The SMILES string of the molecule is CC(=O)N1CCN(C(=O)c2cc3sc(Br)cc3n2Cc2ccccc2C)CC1. The number of fused-ring (bicyclic) bond motifs is 1. The molecule has 0 aliphatic carbocycles. The van der Waals surface area contributed by atoms with Crippen LogP contribution < -0.4 is 0 Å². The summed E-state index contributed by atoms with van der Waals surface area (Å²) in [6, 6.07) is 12.4. The molecule has 0 N–H and O–H groups in total. The van der Waals surface area contributed by atoms with Gasteiger partial charge in [0, 0.05) is 39.6 Å². The van der Waals surface area contributed by atoms with Crippen LogP contribution in [-0.2, 0) is 11.3 Å². The first-order chi connectivity index (χ1) is 13.4. The highest BCUT2D eigenvalue weighted by Gasteiger charge is 2.26. The molecule has 0 radical (unpaired) electrons. The van der Waals surface area contributed by atoms with E-state index in [1.165, 1.54) is 11.1 Å². The maximum atomic E-state index is 13.3. The Morgan fingerprint density at radius 2 is 1.75 bits per heavy atom. The second-order valence-corrected chi connectivity index (χ2v) is 9.60. The van der Waals surface area contributed by atoms with E-state index in [2.05, 4.69) is 45.6 Å². The Morgan fingerprint density at radius 1 is 1.07 bits per heavy atom. The molecule has 146 valence electrons. The molecule has 0 saturated carbocycles. The summed E-state index contributed by atoms with van der Waals surface area (Å²) in [6.07, 6.45) is 0. The van der Waals surface area contributed by atoms with Crippen molar-refractivity contribution in [3.63, 3.8) is 0 Å². The number of aryl methyl sites for hydroxylation is 1. The van der Waals surface area contributed by atoms with Crippen LogP contribution >= 0.6 is 27.3 Å². The molecule has 3 aromatic rings. The molecule has 7 heteroatoms. The molecule has 4 rings (SSSR count). The monoisotopic (exact) mass is 459 g/mol. The van der Waals surface area contributed by atoms with Crippen molar-refractivity contribution in [2.75, 3.05) is 26.2 Å². The highest BCUT2D eigenvalue weighted by Crippen LogP contribution is 2.33. The lowest BCUT2D eigenvalue weighted by atomic mass is 10.1. The first-order valence-corrected chi connectivity index (χ1v) is 10.9. The van der Waals surface area contributed by atoms with Gasteiger partial charge < -0.3 is 14.4 Å². The number of carbonyl (C=O) groups is 2. The second kappa shape index (κ2) is 7.72. The van der Waals surface area contributed by atoms with E-state index >= 15 is 0 Å². The van der Waals surface area contributed by atoms with E-state index in [9.17, 15) is 9.59 Å². The van der Waals surface area contributed by atoms with E-state index < -0.39 is 0 Å². The van der Waals surface area contributed by atoms with E-state index in [0.717, 1.165) is 14.0 Å². The van der Waals surface area contributed by atoms with E-state index in [1.54, 1.807) is 23.2 Å². The molecule has 1 aliphatic rings. The quantitative estimate of drug-likeness (QED) is 0.590. The van der Waals surface area contributed by atoms with Crippen LogP contribution in [0, 0.1) is 6.92 Å². The number of piperazine rings is 1. The lowest BCUT2D eigenvalue weighted by Gasteiger charge is -2.34. The number of benzene rings is 1. The van der Waals surface area contributed by atoms with Gasteiger partial charge in [0.25, 0.3) is 5.91 Å². The van der Waals surface area contributed by atoms with Gasteiger partial charge in [-0.3, -0.25) is 9.59 Å². The number of nitrogens with zero attached hydrogens (tertiary/aromatic N) is 3. The summed E-state index contributed by atoms with van der Waals surface area (Å²) in [5.41, 5.74) is 4.21. The van der Waals surface area contributed by atoms with Crippen molar-refractivity contribution in [1.29, 1.82) is 0 Å². The normalized spacial score (nSPS) is 14.7. The van der Waals surface area contributed by atoms with Gasteiger partial charge in [0.15, 0.2) is 0 Å². The molecule has 1 aromatic carbocycles. The molecule has 0 unspecified atom stereocenters. The van der Waals surface area contributed by atoms with Gasteiger partial charge in [-0.25, -0.2) is 0 Å².